The molecule has 0 aliphatic carbocycles. The van der Waals surface area contributed by atoms with Gasteiger partial charge in [0.05, 0.1) is 49.0 Å². The quantitative estimate of drug-likeness (QED) is 0.136. The Morgan fingerprint density at radius 2 is 1.70 bits per heavy atom. The zero-order valence-corrected chi connectivity index (χ0v) is 32.3. The lowest BCUT2D eigenvalue weighted by atomic mass is 9.71. The Morgan fingerprint density at radius 3 is 2.38 bits per heavy atom. The minimum absolute atomic E-state index is 0.0755. The van der Waals surface area contributed by atoms with Gasteiger partial charge in [-0.3, -0.25) is 4.79 Å². The number of likely N-dealkylation sites (tertiary alicyclic amines) is 2. The number of carbonyl (C=O) groups is 1. The van der Waals surface area contributed by atoms with Gasteiger partial charge in [-0.1, -0.05) is 41.4 Å². The number of anilines is 1. The molecule has 1 unspecified atom stereocenters. The first kappa shape index (κ1) is 37.0. The second kappa shape index (κ2) is 15.9. The number of nitrogens with one attached hydrogen (secondary N) is 1. The van der Waals surface area contributed by atoms with E-state index in [1.54, 1.807) is 33.5 Å². The Labute approximate surface area is 320 Å². The van der Waals surface area contributed by atoms with Gasteiger partial charge in [0.2, 0.25) is 11.7 Å². The second-order valence-electron chi connectivity index (χ2n) is 14.2. The van der Waals surface area contributed by atoms with Crippen LogP contribution < -0.4 is 19.5 Å². The smallest absolute Gasteiger partial charge is 0.254 e. The number of aromatic nitrogens is 2. The average molecular weight is 761 g/mol. The van der Waals surface area contributed by atoms with Gasteiger partial charge in [0.15, 0.2) is 11.5 Å². The van der Waals surface area contributed by atoms with Crippen molar-refractivity contribution < 1.29 is 23.4 Å². The number of nitrogens with zero attached hydrogens (tertiary/aromatic N) is 4. The van der Waals surface area contributed by atoms with Gasteiger partial charge < -0.3 is 38.3 Å². The van der Waals surface area contributed by atoms with Crippen LogP contribution in [0.4, 0.5) is 5.95 Å². The van der Waals surface area contributed by atoms with Crippen molar-refractivity contribution in [3.8, 4) is 17.2 Å². The maximum absolute atomic E-state index is 14.1. The molecular weight excluding hydrogens is 713 g/mol. The summed E-state index contributed by atoms with van der Waals surface area (Å²) in [5, 5.41) is 4.83. The molecule has 53 heavy (non-hydrogen) atoms. The minimum atomic E-state index is -0.299. The molecule has 1 atom stereocenters. The summed E-state index contributed by atoms with van der Waals surface area (Å²) in [4.78, 5) is 23.6. The molecule has 0 radical (unpaired) electrons. The SMILES string of the molecule is COc1cc(C(=O)N2CCCC(CCN3CCC(Nc4nc5ccccc5n4Cc4ccc(C)o4)CC3)(c3ccc(Cl)c(Cl)c3)C2)cc(OC)c1OC. The van der Waals surface area contributed by atoms with Crippen LogP contribution in [-0.2, 0) is 12.0 Å². The van der Waals surface area contributed by atoms with Crippen LogP contribution in [-0.4, -0.2) is 85.4 Å². The summed E-state index contributed by atoms with van der Waals surface area (Å²) in [7, 11) is 4.67. The predicted octanol–water partition coefficient (Wildman–Crippen LogP) is 8.46. The van der Waals surface area contributed by atoms with Crippen LogP contribution in [0.25, 0.3) is 11.0 Å². The first-order chi connectivity index (χ1) is 25.7. The van der Waals surface area contributed by atoms with Gasteiger partial charge in [-0.2, -0.15) is 0 Å². The molecule has 0 spiro atoms. The lowest BCUT2D eigenvalue weighted by molar-refractivity contribution is 0.0606. The fourth-order valence-corrected chi connectivity index (χ4v) is 8.33. The minimum Gasteiger partial charge on any atom is -0.493 e. The van der Waals surface area contributed by atoms with Gasteiger partial charge in [-0.25, -0.2) is 4.98 Å². The number of para-hydroxylation sites is 2. The van der Waals surface area contributed by atoms with Crippen LogP contribution in [0.3, 0.4) is 0 Å². The lowest BCUT2D eigenvalue weighted by Crippen LogP contribution is -2.50. The zero-order chi connectivity index (χ0) is 37.1. The van der Waals surface area contributed by atoms with E-state index in [1.807, 2.05) is 42.2 Å². The molecule has 1 amide bonds. The van der Waals surface area contributed by atoms with E-state index in [4.69, 9.17) is 46.8 Å². The molecule has 7 rings (SSSR count). The third-order valence-electron chi connectivity index (χ3n) is 10.9. The highest BCUT2D eigenvalue weighted by atomic mass is 35.5. The number of aryl methyl sites for hydroxylation is 1. The van der Waals surface area contributed by atoms with Crippen LogP contribution >= 0.6 is 23.2 Å². The highest BCUT2D eigenvalue weighted by molar-refractivity contribution is 6.42. The number of furan rings is 1. The summed E-state index contributed by atoms with van der Waals surface area (Å²) in [5.41, 5.74) is 3.35. The highest BCUT2D eigenvalue weighted by Gasteiger charge is 2.40. The zero-order valence-electron chi connectivity index (χ0n) is 30.8. The summed E-state index contributed by atoms with van der Waals surface area (Å²) >= 11 is 13.0. The number of carbonyl (C=O) groups excluding carboxylic acids is 1. The number of halogens is 2. The number of rotatable bonds is 12. The monoisotopic (exact) mass is 759 g/mol. The van der Waals surface area contributed by atoms with Gasteiger partial charge in [-0.15, -0.1) is 0 Å². The molecule has 2 fully saturated rings. The molecule has 2 aromatic heterocycles. The molecule has 2 aliphatic rings. The fraction of sp³-hybridized carbons (Fsp3) is 0.415. The molecule has 10 nitrogen and oxygen atoms in total. The average Bonchev–Trinajstić information content (AvgIpc) is 3.76. The molecule has 0 saturated carbocycles. The summed E-state index contributed by atoms with van der Waals surface area (Å²) in [5.74, 6) is 3.96. The van der Waals surface area contributed by atoms with E-state index in [1.165, 1.54) is 0 Å². The summed E-state index contributed by atoms with van der Waals surface area (Å²) in [6, 6.07) is 22.0. The molecule has 2 saturated heterocycles. The highest BCUT2D eigenvalue weighted by Crippen LogP contribution is 2.42. The summed E-state index contributed by atoms with van der Waals surface area (Å²) in [6.45, 7) is 6.61. The largest absolute Gasteiger partial charge is 0.493 e. The molecule has 280 valence electrons. The van der Waals surface area contributed by atoms with Crippen molar-refractivity contribution in [2.24, 2.45) is 0 Å². The van der Waals surface area contributed by atoms with Gasteiger partial charge in [0.1, 0.15) is 11.5 Å². The van der Waals surface area contributed by atoms with Crippen LogP contribution in [0.1, 0.15) is 59.5 Å². The maximum atomic E-state index is 14.1. The number of ether oxygens (including phenoxy) is 3. The van der Waals surface area contributed by atoms with Crippen molar-refractivity contribution in [2.45, 2.75) is 57.0 Å². The standard InChI is InChI=1S/C41H47Cl2N5O5/c1-27-10-12-31(53-27)25-48-35-9-6-5-8-34(35)45-40(48)44-30-14-19-46(20-15-30)21-17-41(29-11-13-32(42)33(43)24-29)16-7-18-47(26-41)39(49)28-22-36(50-2)38(52-4)37(23-28)51-3/h5-6,8-13,22-24,30H,7,14-21,25-26H2,1-4H3,(H,44,45). The van der Waals surface area contributed by atoms with Crippen molar-refractivity contribution in [1.29, 1.82) is 0 Å². The normalized spacial score (nSPS) is 18.3. The third-order valence-corrected chi connectivity index (χ3v) is 11.6. The fourth-order valence-electron chi connectivity index (χ4n) is 8.03. The van der Waals surface area contributed by atoms with Gasteiger partial charge in [0, 0.05) is 43.2 Å². The molecule has 5 aromatic rings. The van der Waals surface area contributed by atoms with Crippen LogP contribution in [0.5, 0.6) is 17.2 Å². The Balaban J connectivity index is 1.05. The molecule has 1 N–H and O–H groups in total. The van der Waals surface area contributed by atoms with E-state index in [0.717, 1.165) is 85.8 Å². The molecule has 2 aliphatic heterocycles. The maximum Gasteiger partial charge on any atom is 0.254 e. The molecule has 12 heteroatoms. The van der Waals surface area contributed by atoms with Crippen molar-refractivity contribution in [1.82, 2.24) is 19.4 Å². The predicted molar refractivity (Wildman–Crippen MR) is 209 cm³/mol. The Kier molecular flexibility index (Phi) is 11.1. The first-order valence-corrected chi connectivity index (χ1v) is 19.0. The Morgan fingerprint density at radius 1 is 0.943 bits per heavy atom. The van der Waals surface area contributed by atoms with E-state index in [-0.39, 0.29) is 11.3 Å². The van der Waals surface area contributed by atoms with E-state index >= 15 is 0 Å². The van der Waals surface area contributed by atoms with Crippen molar-refractivity contribution in [3.05, 3.63) is 99.4 Å². The van der Waals surface area contributed by atoms with E-state index in [0.29, 0.717) is 58.5 Å². The number of methoxy groups -OCH3 is 3. The molecule has 4 heterocycles. The third kappa shape index (κ3) is 7.81. The topological polar surface area (TPSA) is 94.2 Å². The number of amides is 1. The van der Waals surface area contributed by atoms with Crippen molar-refractivity contribution >= 4 is 46.1 Å². The number of benzene rings is 3. The van der Waals surface area contributed by atoms with Crippen molar-refractivity contribution in [3.63, 3.8) is 0 Å². The Hall–Kier alpha value is -4.38. The van der Waals surface area contributed by atoms with E-state index in [9.17, 15) is 4.79 Å². The van der Waals surface area contributed by atoms with Gasteiger partial charge in [0.25, 0.3) is 5.91 Å². The van der Waals surface area contributed by atoms with E-state index < -0.39 is 0 Å². The number of fused-ring (bicyclic) bond motifs is 1. The second-order valence-corrected chi connectivity index (χ2v) is 15.0. The Bertz CT molecular complexity index is 2050. The number of piperidine rings is 2. The number of hydrogen-bond donors (Lipinski definition) is 1. The van der Waals surface area contributed by atoms with Crippen LogP contribution in [0, 0.1) is 6.92 Å². The lowest BCUT2D eigenvalue weighted by Gasteiger charge is -2.45. The summed E-state index contributed by atoms with van der Waals surface area (Å²) < 4.78 is 24.8. The van der Waals surface area contributed by atoms with Gasteiger partial charge in [-0.05, 0) is 99.7 Å². The van der Waals surface area contributed by atoms with Crippen LogP contribution in [0.15, 0.2) is 71.1 Å². The van der Waals surface area contributed by atoms with Gasteiger partial charge >= 0.3 is 0 Å². The summed E-state index contributed by atoms with van der Waals surface area (Å²) in [6.07, 6.45) is 4.66. The number of hydrogen-bond acceptors (Lipinski definition) is 8. The molecule has 0 bridgehead atoms. The van der Waals surface area contributed by atoms with Crippen molar-refractivity contribution in [2.75, 3.05) is 59.4 Å². The first-order valence-electron chi connectivity index (χ1n) is 18.2. The molecular formula is C41H47Cl2N5O5. The molecule has 3 aromatic carbocycles. The van der Waals surface area contributed by atoms with E-state index in [2.05, 4.69) is 39.0 Å². The number of imidazole rings is 1. The van der Waals surface area contributed by atoms with Crippen LogP contribution in [0.2, 0.25) is 10.0 Å².